The Morgan fingerprint density at radius 1 is 1.60 bits per heavy atom. The van der Waals surface area contributed by atoms with Crippen molar-refractivity contribution in [1.29, 1.82) is 0 Å². The van der Waals surface area contributed by atoms with Gasteiger partial charge in [-0.2, -0.15) is 5.10 Å². The van der Waals surface area contributed by atoms with E-state index in [4.69, 9.17) is 10.9 Å². The summed E-state index contributed by atoms with van der Waals surface area (Å²) in [5.41, 5.74) is 6.55. The fraction of sp³-hybridized carbons (Fsp3) is 0.400. The minimum absolute atomic E-state index is 0.0287. The molecule has 0 atom stereocenters. The van der Waals surface area contributed by atoms with E-state index < -0.39 is 0 Å². The molecule has 2 aromatic heterocycles. The zero-order chi connectivity index (χ0) is 14.9. The Kier molecular flexibility index (Phi) is 3.84. The Bertz CT molecular complexity index is 712. The van der Waals surface area contributed by atoms with Crippen molar-refractivity contribution < 1.29 is 5.21 Å². The number of hydrogen-bond donors (Lipinski definition) is 3. The first-order chi connectivity index (χ1) is 9.49. The predicted octanol–water partition coefficient (Wildman–Crippen LogP) is -0.121. The Labute approximate surface area is 118 Å². The minimum atomic E-state index is -0.278. The Morgan fingerprint density at radius 3 is 2.90 bits per heavy atom. The summed E-state index contributed by atoms with van der Waals surface area (Å²) in [5.74, 6) is -0.0287. The fourth-order valence-electron chi connectivity index (χ4n) is 1.85. The first kappa shape index (κ1) is 14.2. The van der Waals surface area contributed by atoms with Crippen LogP contribution >= 0.6 is 11.8 Å². The molecule has 0 aliphatic carbocycles. The Balaban J connectivity index is 2.51. The summed E-state index contributed by atoms with van der Waals surface area (Å²) >= 11 is 1.23. The van der Waals surface area contributed by atoms with Crippen LogP contribution < -0.4 is 11.4 Å². The number of nitrogens with one attached hydrogen (secondary N) is 1. The molecule has 2 heterocycles. The largest absolute Gasteiger partial charge is 0.409 e. The highest BCUT2D eigenvalue weighted by atomic mass is 32.2. The van der Waals surface area contributed by atoms with E-state index in [2.05, 4.69) is 20.5 Å². The summed E-state index contributed by atoms with van der Waals surface area (Å²) in [5, 5.41) is 23.6. The van der Waals surface area contributed by atoms with Gasteiger partial charge in [0, 0.05) is 13.6 Å². The molecule has 0 fully saturated rings. The summed E-state index contributed by atoms with van der Waals surface area (Å²) in [6.45, 7) is 4.10. The van der Waals surface area contributed by atoms with Gasteiger partial charge in [-0.3, -0.25) is 9.25 Å². The average Bonchev–Trinajstić information content (AvgIpc) is 2.90. The lowest BCUT2D eigenvalue weighted by molar-refractivity contribution is 0.318. The number of rotatable bonds is 4. The number of oxime groups is 1. The van der Waals surface area contributed by atoms with Crippen molar-refractivity contribution in [3.05, 3.63) is 21.7 Å². The molecule has 2 aromatic rings. The molecule has 10 heteroatoms. The van der Waals surface area contributed by atoms with Gasteiger partial charge in [0.15, 0.2) is 11.0 Å². The molecule has 9 nitrogen and oxygen atoms in total. The third-order valence-corrected chi connectivity index (χ3v) is 3.92. The molecule has 4 N–H and O–H groups in total. The molecule has 20 heavy (non-hydrogen) atoms. The van der Waals surface area contributed by atoms with Gasteiger partial charge in [-0.25, -0.2) is 9.89 Å². The summed E-state index contributed by atoms with van der Waals surface area (Å²) in [6, 6.07) is 0. The number of nitrogens with zero attached hydrogens (tertiary/aromatic N) is 5. The van der Waals surface area contributed by atoms with Crippen LogP contribution in [0.15, 0.2) is 20.1 Å². The maximum absolute atomic E-state index is 11.5. The topological polar surface area (TPSA) is 127 Å². The van der Waals surface area contributed by atoms with Crippen LogP contribution in [0.4, 0.5) is 0 Å². The van der Waals surface area contributed by atoms with Crippen LogP contribution in [0.2, 0.25) is 0 Å². The van der Waals surface area contributed by atoms with E-state index >= 15 is 0 Å². The molecule has 2 rings (SSSR count). The normalized spacial score (nSPS) is 12.1. The lowest BCUT2D eigenvalue weighted by Gasteiger charge is -2.05. The first-order valence-corrected chi connectivity index (χ1v) is 6.65. The van der Waals surface area contributed by atoms with Crippen LogP contribution in [-0.4, -0.2) is 35.6 Å². The molecule has 0 spiro atoms. The van der Waals surface area contributed by atoms with E-state index in [1.807, 2.05) is 6.92 Å². The first-order valence-electron chi connectivity index (χ1n) is 5.84. The van der Waals surface area contributed by atoms with Crippen molar-refractivity contribution in [2.75, 3.05) is 0 Å². The maximum atomic E-state index is 11.5. The average molecular weight is 297 g/mol. The second kappa shape index (κ2) is 5.41. The van der Waals surface area contributed by atoms with Gasteiger partial charge in [0.1, 0.15) is 5.03 Å². The monoisotopic (exact) mass is 297 g/mol. The summed E-state index contributed by atoms with van der Waals surface area (Å²) in [7, 11) is 1.74. The number of H-pyrrole nitrogens is 1. The molecule has 108 valence electrons. The molecule has 0 aliphatic heterocycles. The second-order valence-corrected chi connectivity index (χ2v) is 4.99. The van der Waals surface area contributed by atoms with Crippen LogP contribution in [0, 0.1) is 6.92 Å². The SMILES string of the molecule is CCn1c(Sc2c(C(N)=NO)c(C)nn2C)n[nH]c1=O. The minimum Gasteiger partial charge on any atom is -0.409 e. The van der Waals surface area contributed by atoms with Crippen molar-refractivity contribution in [1.82, 2.24) is 24.5 Å². The standard InChI is InChI=1S/C10H15N7O2S/c1-4-17-9(18)12-13-10(17)20-8-6(7(11)15-19)5(2)14-16(8)3/h19H,4H2,1-3H3,(H2,11,15)(H,12,18). The van der Waals surface area contributed by atoms with Gasteiger partial charge in [-0.15, -0.1) is 5.10 Å². The van der Waals surface area contributed by atoms with Gasteiger partial charge in [0.05, 0.1) is 11.3 Å². The van der Waals surface area contributed by atoms with E-state index in [9.17, 15) is 4.79 Å². The maximum Gasteiger partial charge on any atom is 0.343 e. The number of aromatic amines is 1. The van der Waals surface area contributed by atoms with Crippen LogP contribution in [0.3, 0.4) is 0 Å². The van der Waals surface area contributed by atoms with Gasteiger partial charge in [0.2, 0.25) is 0 Å². The zero-order valence-corrected chi connectivity index (χ0v) is 12.1. The molecule has 0 unspecified atom stereocenters. The van der Waals surface area contributed by atoms with Gasteiger partial charge >= 0.3 is 5.69 Å². The third kappa shape index (κ3) is 2.29. The van der Waals surface area contributed by atoms with Crippen molar-refractivity contribution in [2.45, 2.75) is 30.6 Å². The smallest absolute Gasteiger partial charge is 0.343 e. The van der Waals surface area contributed by atoms with Crippen LogP contribution in [0.5, 0.6) is 0 Å². The fourth-order valence-corrected chi connectivity index (χ4v) is 2.96. The van der Waals surface area contributed by atoms with Crippen molar-refractivity contribution in [3.8, 4) is 0 Å². The van der Waals surface area contributed by atoms with E-state index in [0.29, 0.717) is 28.0 Å². The zero-order valence-electron chi connectivity index (χ0n) is 11.3. The van der Waals surface area contributed by atoms with Crippen molar-refractivity contribution in [3.63, 3.8) is 0 Å². The van der Waals surface area contributed by atoms with Gasteiger partial charge in [-0.05, 0) is 25.6 Å². The molecule has 0 amide bonds. The number of aryl methyl sites for hydroxylation is 2. The molecule has 0 aromatic carbocycles. The highest BCUT2D eigenvalue weighted by Crippen LogP contribution is 2.29. The summed E-state index contributed by atoms with van der Waals surface area (Å²) < 4.78 is 3.09. The van der Waals surface area contributed by atoms with Crippen LogP contribution in [0.1, 0.15) is 18.2 Å². The molecule has 0 saturated carbocycles. The quantitative estimate of drug-likeness (QED) is 0.312. The number of amidine groups is 1. The van der Waals surface area contributed by atoms with E-state index in [1.165, 1.54) is 16.3 Å². The molecule has 0 saturated heterocycles. The number of aromatic nitrogens is 5. The van der Waals surface area contributed by atoms with Gasteiger partial charge < -0.3 is 10.9 Å². The number of nitrogens with two attached hydrogens (primary N) is 1. The molecular formula is C10H15N7O2S. The lowest BCUT2D eigenvalue weighted by atomic mass is 10.2. The predicted molar refractivity (Wildman–Crippen MR) is 73.1 cm³/mol. The summed E-state index contributed by atoms with van der Waals surface area (Å²) in [6.07, 6.45) is 0. The van der Waals surface area contributed by atoms with Crippen molar-refractivity contribution in [2.24, 2.45) is 17.9 Å². The highest BCUT2D eigenvalue weighted by Gasteiger charge is 2.20. The molecule has 0 aliphatic rings. The van der Waals surface area contributed by atoms with Crippen LogP contribution in [0.25, 0.3) is 0 Å². The van der Waals surface area contributed by atoms with E-state index in [1.54, 1.807) is 18.7 Å². The molecular weight excluding hydrogens is 282 g/mol. The Hall–Kier alpha value is -2.23. The molecule has 0 bridgehead atoms. The Morgan fingerprint density at radius 2 is 2.30 bits per heavy atom. The van der Waals surface area contributed by atoms with Crippen molar-refractivity contribution >= 4 is 17.6 Å². The van der Waals surface area contributed by atoms with Gasteiger partial charge in [-0.1, -0.05) is 5.16 Å². The van der Waals surface area contributed by atoms with E-state index in [-0.39, 0.29) is 11.5 Å². The third-order valence-electron chi connectivity index (χ3n) is 2.76. The molecule has 0 radical (unpaired) electrons. The lowest BCUT2D eigenvalue weighted by Crippen LogP contribution is -2.17. The summed E-state index contributed by atoms with van der Waals surface area (Å²) in [4.78, 5) is 11.5. The van der Waals surface area contributed by atoms with Gasteiger partial charge in [0.25, 0.3) is 0 Å². The number of hydrogen-bond acceptors (Lipinski definition) is 6. The van der Waals surface area contributed by atoms with Crippen LogP contribution in [-0.2, 0) is 13.6 Å². The highest BCUT2D eigenvalue weighted by molar-refractivity contribution is 7.99. The van der Waals surface area contributed by atoms with E-state index in [0.717, 1.165) is 0 Å². The second-order valence-electron chi connectivity index (χ2n) is 4.03.